The minimum Gasteiger partial charge on any atom is -0.492 e. The fourth-order valence-electron chi connectivity index (χ4n) is 3.76. The van der Waals surface area contributed by atoms with Gasteiger partial charge in [0.15, 0.2) is 17.3 Å². The summed E-state index contributed by atoms with van der Waals surface area (Å²) >= 11 is 0. The van der Waals surface area contributed by atoms with E-state index in [-0.39, 0.29) is 24.8 Å². The number of nitrogens with zero attached hydrogens (tertiary/aromatic N) is 1. The number of hydrogen-bond donors (Lipinski definition) is 0. The zero-order valence-electron chi connectivity index (χ0n) is 14.5. The van der Waals surface area contributed by atoms with Crippen LogP contribution in [-0.4, -0.2) is 30.0 Å². The third kappa shape index (κ3) is 2.32. The third-order valence-electron chi connectivity index (χ3n) is 4.75. The number of ether oxygens (including phenoxy) is 3. The Labute approximate surface area is 145 Å². The van der Waals surface area contributed by atoms with Crippen molar-refractivity contribution in [2.75, 3.05) is 13.9 Å². The maximum absolute atomic E-state index is 12.1. The van der Waals surface area contributed by atoms with Gasteiger partial charge in [-0.1, -0.05) is 0 Å². The molecule has 6 nitrogen and oxygen atoms in total. The smallest absolute Gasteiger partial charge is 0.231 e. The van der Waals surface area contributed by atoms with Crippen LogP contribution in [0.2, 0.25) is 0 Å². The van der Waals surface area contributed by atoms with Gasteiger partial charge in [-0.05, 0) is 37.5 Å². The van der Waals surface area contributed by atoms with E-state index >= 15 is 0 Å². The predicted octanol–water partition coefficient (Wildman–Crippen LogP) is 2.78. The molecule has 1 aromatic heterocycles. The first-order valence-corrected chi connectivity index (χ1v) is 8.23. The van der Waals surface area contributed by atoms with Gasteiger partial charge in [0.2, 0.25) is 12.5 Å². The molecule has 0 radical (unpaired) electrons. The zero-order chi connectivity index (χ0) is 17.7. The van der Waals surface area contributed by atoms with Crippen molar-refractivity contribution in [1.29, 1.82) is 0 Å². The summed E-state index contributed by atoms with van der Waals surface area (Å²) in [4.78, 5) is 23.9. The molecule has 2 aliphatic rings. The molecule has 0 N–H and O–H groups in total. The van der Waals surface area contributed by atoms with Crippen LogP contribution in [-0.2, 0) is 24.2 Å². The van der Waals surface area contributed by atoms with Crippen LogP contribution in [0.1, 0.15) is 35.3 Å². The van der Waals surface area contributed by atoms with E-state index in [9.17, 15) is 9.59 Å². The minimum absolute atomic E-state index is 0.0170. The van der Waals surface area contributed by atoms with Gasteiger partial charge < -0.3 is 18.8 Å². The van der Waals surface area contributed by atoms with Gasteiger partial charge in [-0.2, -0.15) is 0 Å². The van der Waals surface area contributed by atoms with Crippen LogP contribution < -0.4 is 14.2 Å². The van der Waals surface area contributed by atoms with E-state index in [1.165, 1.54) is 13.8 Å². The summed E-state index contributed by atoms with van der Waals surface area (Å²) in [6.07, 6.45) is 2.86. The summed E-state index contributed by atoms with van der Waals surface area (Å²) in [5.74, 6) is 1.83. The van der Waals surface area contributed by atoms with Crippen molar-refractivity contribution in [3.05, 3.63) is 29.0 Å². The van der Waals surface area contributed by atoms with Gasteiger partial charge in [-0.3, -0.25) is 9.59 Å². The molecule has 0 saturated heterocycles. The Balaban J connectivity index is 2.03. The van der Waals surface area contributed by atoms with E-state index in [4.69, 9.17) is 14.2 Å². The van der Waals surface area contributed by atoms with E-state index in [2.05, 4.69) is 0 Å². The number of methoxy groups -OCH3 is 1. The normalized spacial score (nSPS) is 14.0. The topological polar surface area (TPSA) is 66.8 Å². The molecule has 4 rings (SSSR count). The number of ketones is 2. The Kier molecular flexibility index (Phi) is 3.56. The van der Waals surface area contributed by atoms with Gasteiger partial charge in [-0.15, -0.1) is 0 Å². The number of fused-ring (bicyclic) bond motifs is 4. The Morgan fingerprint density at radius 3 is 2.76 bits per heavy atom. The van der Waals surface area contributed by atoms with E-state index < -0.39 is 0 Å². The first kappa shape index (κ1) is 15.7. The van der Waals surface area contributed by atoms with Gasteiger partial charge in [0.05, 0.1) is 12.8 Å². The van der Waals surface area contributed by atoms with E-state index in [0.29, 0.717) is 22.8 Å². The molecule has 1 aromatic carbocycles. The highest BCUT2D eigenvalue weighted by Gasteiger charge is 2.32. The molecular weight excluding hydrogens is 322 g/mol. The molecule has 2 aromatic rings. The molecule has 0 aliphatic carbocycles. The number of Topliss-reactive ketones (excluding diaryl/α,β-unsaturated/α-hetero) is 2. The van der Waals surface area contributed by atoms with Crippen molar-refractivity contribution in [2.45, 2.75) is 33.2 Å². The summed E-state index contributed by atoms with van der Waals surface area (Å²) in [7, 11) is 1.59. The molecule has 130 valence electrons. The summed E-state index contributed by atoms with van der Waals surface area (Å²) in [6.45, 7) is 3.97. The average Bonchev–Trinajstić information content (AvgIpc) is 3.16. The second kappa shape index (κ2) is 5.65. The number of hydrogen-bond acceptors (Lipinski definition) is 5. The highest BCUT2D eigenvalue weighted by atomic mass is 16.7. The summed E-state index contributed by atoms with van der Waals surface area (Å²) in [5.41, 5.74) is 4.20. The summed E-state index contributed by atoms with van der Waals surface area (Å²) in [6, 6.07) is 1.97. The van der Waals surface area contributed by atoms with Crippen molar-refractivity contribution < 1.29 is 23.8 Å². The Morgan fingerprint density at radius 1 is 1.28 bits per heavy atom. The molecule has 2 aliphatic heterocycles. The monoisotopic (exact) mass is 341 g/mol. The standard InChI is InChI=1S/C19H19NO5/c1-10(21)6-13-14(11(2)22)8-20-5-4-12-7-15-18(25-9-24-15)19(23-3)16(12)17(13)20/h7-8H,4-6,9H2,1-3H3. The van der Waals surface area contributed by atoms with Crippen molar-refractivity contribution >= 4 is 11.6 Å². The lowest BCUT2D eigenvalue weighted by Gasteiger charge is -2.23. The van der Waals surface area contributed by atoms with E-state index in [1.807, 2.05) is 16.8 Å². The van der Waals surface area contributed by atoms with Crippen LogP contribution in [0.4, 0.5) is 0 Å². The van der Waals surface area contributed by atoms with Crippen molar-refractivity contribution in [3.8, 4) is 28.5 Å². The Bertz CT molecular complexity index is 909. The maximum atomic E-state index is 12.1. The molecule has 6 heteroatoms. The molecule has 25 heavy (non-hydrogen) atoms. The molecule has 0 atom stereocenters. The molecule has 0 unspecified atom stereocenters. The SMILES string of the molecule is COc1c2c(cc3c1-c1c(CC(C)=O)c(C(C)=O)cn1CC3)OCO2. The fourth-order valence-corrected chi connectivity index (χ4v) is 3.76. The number of rotatable bonds is 4. The van der Waals surface area contributed by atoms with Crippen molar-refractivity contribution in [3.63, 3.8) is 0 Å². The fraction of sp³-hybridized carbons (Fsp3) is 0.368. The van der Waals surface area contributed by atoms with E-state index in [1.54, 1.807) is 7.11 Å². The largest absolute Gasteiger partial charge is 0.492 e. The number of aromatic nitrogens is 1. The minimum atomic E-state index is -0.0422. The first-order valence-electron chi connectivity index (χ1n) is 8.23. The molecule has 0 amide bonds. The Morgan fingerprint density at radius 2 is 2.08 bits per heavy atom. The lowest BCUT2D eigenvalue weighted by molar-refractivity contribution is -0.116. The number of carbonyl (C=O) groups is 2. The highest BCUT2D eigenvalue weighted by Crippen LogP contribution is 2.51. The number of aryl methyl sites for hydroxylation is 2. The zero-order valence-corrected chi connectivity index (χ0v) is 14.5. The molecule has 0 bridgehead atoms. The third-order valence-corrected chi connectivity index (χ3v) is 4.75. The average molecular weight is 341 g/mol. The van der Waals surface area contributed by atoms with Crippen LogP contribution in [0.5, 0.6) is 17.2 Å². The quantitative estimate of drug-likeness (QED) is 0.800. The van der Waals surface area contributed by atoms with Gasteiger partial charge in [-0.25, -0.2) is 0 Å². The predicted molar refractivity (Wildman–Crippen MR) is 90.6 cm³/mol. The number of carbonyl (C=O) groups excluding carboxylic acids is 2. The summed E-state index contributed by atoms with van der Waals surface area (Å²) < 4.78 is 18.8. The van der Waals surface area contributed by atoms with Gasteiger partial charge in [0.25, 0.3) is 0 Å². The summed E-state index contributed by atoms with van der Waals surface area (Å²) in [5, 5.41) is 0. The second-order valence-electron chi connectivity index (χ2n) is 6.43. The van der Waals surface area contributed by atoms with Crippen LogP contribution >= 0.6 is 0 Å². The van der Waals surface area contributed by atoms with Crippen LogP contribution in [0, 0.1) is 0 Å². The highest BCUT2D eigenvalue weighted by molar-refractivity contribution is 6.00. The van der Waals surface area contributed by atoms with Gasteiger partial charge >= 0.3 is 0 Å². The molecule has 0 spiro atoms. The second-order valence-corrected chi connectivity index (χ2v) is 6.43. The van der Waals surface area contributed by atoms with Crippen molar-refractivity contribution in [1.82, 2.24) is 4.57 Å². The molecule has 3 heterocycles. The lowest BCUT2D eigenvalue weighted by atomic mass is 9.91. The van der Waals surface area contributed by atoms with Crippen LogP contribution in [0.25, 0.3) is 11.3 Å². The maximum Gasteiger partial charge on any atom is 0.231 e. The number of benzene rings is 1. The van der Waals surface area contributed by atoms with Crippen LogP contribution in [0.15, 0.2) is 12.3 Å². The molecule has 0 fully saturated rings. The first-order chi connectivity index (χ1) is 12.0. The van der Waals surface area contributed by atoms with Gasteiger partial charge in [0.1, 0.15) is 5.78 Å². The van der Waals surface area contributed by atoms with Crippen LogP contribution in [0.3, 0.4) is 0 Å². The van der Waals surface area contributed by atoms with Gasteiger partial charge in [0, 0.05) is 30.3 Å². The van der Waals surface area contributed by atoms with E-state index in [0.717, 1.165) is 35.3 Å². The Hall–Kier alpha value is -2.76. The lowest BCUT2D eigenvalue weighted by Crippen LogP contribution is -2.13. The molecular formula is C19H19NO5. The van der Waals surface area contributed by atoms with Crippen molar-refractivity contribution in [2.24, 2.45) is 0 Å². The molecule has 0 saturated carbocycles.